The maximum atomic E-state index is 13.5. The average molecular weight is 384 g/mol. The fourth-order valence-corrected chi connectivity index (χ4v) is 3.01. The molecule has 0 bridgehead atoms. The minimum Gasteiger partial charge on any atom is -0.452 e. The number of nitrogens with one attached hydrogen (secondary N) is 1. The van der Waals surface area contributed by atoms with E-state index in [0.29, 0.717) is 11.3 Å². The number of aryl methyl sites for hydroxylation is 2. The second kappa shape index (κ2) is 8.09. The van der Waals surface area contributed by atoms with Crippen LogP contribution in [-0.4, -0.2) is 23.5 Å². The Hall–Kier alpha value is -3.06. The van der Waals surface area contributed by atoms with Crippen LogP contribution < -0.4 is 5.32 Å². The molecule has 0 radical (unpaired) electrons. The maximum Gasteiger partial charge on any atom is 0.338 e. The quantitative estimate of drug-likeness (QED) is 0.664. The Kier molecular flexibility index (Phi) is 5.61. The molecular formula is C20H17FN2O3S. The molecule has 7 heteroatoms. The summed E-state index contributed by atoms with van der Waals surface area (Å²) in [5.74, 6) is -1.73. The molecule has 0 fully saturated rings. The molecule has 0 unspecified atom stereocenters. The van der Waals surface area contributed by atoms with E-state index in [4.69, 9.17) is 4.74 Å². The van der Waals surface area contributed by atoms with Crippen LogP contribution in [0.4, 0.5) is 10.1 Å². The van der Waals surface area contributed by atoms with Gasteiger partial charge in [0.2, 0.25) is 0 Å². The van der Waals surface area contributed by atoms with Crippen molar-refractivity contribution in [2.75, 3.05) is 11.9 Å². The Balaban J connectivity index is 1.59. The highest BCUT2D eigenvalue weighted by molar-refractivity contribution is 7.09. The third-order valence-electron chi connectivity index (χ3n) is 3.80. The molecule has 0 saturated heterocycles. The first-order chi connectivity index (χ1) is 12.9. The molecule has 2 aromatic carbocycles. The van der Waals surface area contributed by atoms with Gasteiger partial charge in [-0.1, -0.05) is 18.2 Å². The number of halogens is 1. The molecule has 3 aromatic rings. The number of esters is 1. The highest BCUT2D eigenvalue weighted by Gasteiger charge is 2.12. The van der Waals surface area contributed by atoms with Gasteiger partial charge in [-0.3, -0.25) is 4.79 Å². The number of aromatic nitrogens is 1. The second-order valence-corrected chi connectivity index (χ2v) is 6.98. The van der Waals surface area contributed by atoms with Crippen molar-refractivity contribution in [2.45, 2.75) is 13.8 Å². The summed E-state index contributed by atoms with van der Waals surface area (Å²) < 4.78 is 18.5. The first-order valence-corrected chi connectivity index (χ1v) is 9.06. The van der Waals surface area contributed by atoms with E-state index in [1.807, 2.05) is 18.4 Å². The van der Waals surface area contributed by atoms with Crippen molar-refractivity contribution in [1.82, 2.24) is 4.98 Å². The molecule has 0 aliphatic heterocycles. The smallest absolute Gasteiger partial charge is 0.338 e. The molecular weight excluding hydrogens is 367 g/mol. The van der Waals surface area contributed by atoms with Crippen LogP contribution in [0.5, 0.6) is 0 Å². The molecule has 138 valence electrons. The van der Waals surface area contributed by atoms with Crippen molar-refractivity contribution < 1.29 is 18.7 Å². The lowest BCUT2D eigenvalue weighted by molar-refractivity contribution is -0.119. The van der Waals surface area contributed by atoms with Gasteiger partial charge in [0.05, 0.1) is 16.3 Å². The number of ether oxygens (including phenoxy) is 1. The van der Waals surface area contributed by atoms with Crippen LogP contribution in [0.15, 0.2) is 47.8 Å². The normalized spacial score (nSPS) is 10.5. The van der Waals surface area contributed by atoms with E-state index in [0.717, 1.165) is 22.3 Å². The Bertz CT molecular complexity index is 1000. The fourth-order valence-electron chi connectivity index (χ4n) is 2.38. The van der Waals surface area contributed by atoms with Crippen LogP contribution in [0.1, 0.15) is 20.9 Å². The summed E-state index contributed by atoms with van der Waals surface area (Å²) in [5, 5.41) is 5.57. The Morgan fingerprint density at radius 1 is 1.19 bits per heavy atom. The minimum absolute atomic E-state index is 0.0619. The van der Waals surface area contributed by atoms with E-state index in [9.17, 15) is 14.0 Å². The van der Waals surface area contributed by atoms with Crippen LogP contribution >= 0.6 is 11.3 Å². The molecule has 0 spiro atoms. The topological polar surface area (TPSA) is 68.3 Å². The summed E-state index contributed by atoms with van der Waals surface area (Å²) in [4.78, 5) is 28.4. The van der Waals surface area contributed by atoms with Gasteiger partial charge in [0.25, 0.3) is 5.91 Å². The van der Waals surface area contributed by atoms with Crippen molar-refractivity contribution >= 4 is 28.9 Å². The van der Waals surface area contributed by atoms with Crippen LogP contribution in [0, 0.1) is 19.7 Å². The second-order valence-electron chi connectivity index (χ2n) is 5.92. The van der Waals surface area contributed by atoms with E-state index in [-0.39, 0.29) is 5.56 Å². The number of benzene rings is 2. The minimum atomic E-state index is -0.754. The molecule has 5 nitrogen and oxygen atoms in total. The molecule has 0 saturated carbocycles. The molecule has 1 N–H and O–H groups in total. The Labute approximate surface area is 159 Å². The van der Waals surface area contributed by atoms with E-state index in [1.165, 1.54) is 12.1 Å². The summed E-state index contributed by atoms with van der Waals surface area (Å²) in [5.41, 5.74) is 2.78. The summed E-state index contributed by atoms with van der Waals surface area (Å²) >= 11 is 1.55. The molecule has 1 aromatic heterocycles. The van der Waals surface area contributed by atoms with Crippen molar-refractivity contribution in [2.24, 2.45) is 0 Å². The largest absolute Gasteiger partial charge is 0.452 e. The SMILES string of the molecule is Cc1nc(-c2cccc(NC(=O)COC(=O)c3ccc(C)c(F)c3)c2)cs1. The highest BCUT2D eigenvalue weighted by Crippen LogP contribution is 2.24. The van der Waals surface area contributed by atoms with Crippen molar-refractivity contribution in [1.29, 1.82) is 0 Å². The van der Waals surface area contributed by atoms with Crippen molar-refractivity contribution in [3.8, 4) is 11.3 Å². The lowest BCUT2D eigenvalue weighted by Crippen LogP contribution is -2.21. The lowest BCUT2D eigenvalue weighted by Gasteiger charge is -2.08. The van der Waals surface area contributed by atoms with Gasteiger partial charge in [-0.25, -0.2) is 14.2 Å². The monoisotopic (exact) mass is 384 g/mol. The predicted octanol–water partition coefficient (Wildman–Crippen LogP) is 4.36. The molecule has 27 heavy (non-hydrogen) atoms. The molecule has 1 amide bonds. The van der Waals surface area contributed by atoms with Crippen LogP contribution in [0.25, 0.3) is 11.3 Å². The van der Waals surface area contributed by atoms with Gasteiger partial charge in [-0.2, -0.15) is 0 Å². The summed E-state index contributed by atoms with van der Waals surface area (Å²) in [6.07, 6.45) is 0. The van der Waals surface area contributed by atoms with Gasteiger partial charge < -0.3 is 10.1 Å². The standard InChI is InChI=1S/C20H17FN2O3S/c1-12-6-7-15(9-17(12)21)20(25)26-10-19(24)23-16-5-3-4-14(8-16)18-11-27-13(2)22-18/h3-9,11H,10H2,1-2H3,(H,23,24). The number of amides is 1. The summed E-state index contributed by atoms with van der Waals surface area (Å²) in [6.45, 7) is 3.06. The van der Waals surface area contributed by atoms with Crippen molar-refractivity contribution in [3.05, 3.63) is 69.8 Å². The fraction of sp³-hybridized carbons (Fsp3) is 0.150. The number of anilines is 1. The average Bonchev–Trinajstić information content (AvgIpc) is 3.08. The third kappa shape index (κ3) is 4.77. The third-order valence-corrected chi connectivity index (χ3v) is 4.58. The zero-order valence-electron chi connectivity index (χ0n) is 14.8. The zero-order chi connectivity index (χ0) is 19.4. The number of hydrogen-bond donors (Lipinski definition) is 1. The molecule has 0 atom stereocenters. The molecule has 1 heterocycles. The number of nitrogens with zero attached hydrogens (tertiary/aromatic N) is 1. The summed E-state index contributed by atoms with van der Waals surface area (Å²) in [7, 11) is 0. The number of carbonyl (C=O) groups excluding carboxylic acids is 2. The van der Waals surface area contributed by atoms with Crippen LogP contribution in [0.3, 0.4) is 0 Å². The zero-order valence-corrected chi connectivity index (χ0v) is 15.6. The number of rotatable bonds is 5. The first-order valence-electron chi connectivity index (χ1n) is 8.18. The van der Waals surface area contributed by atoms with Gasteiger partial charge in [-0.15, -0.1) is 11.3 Å². The Morgan fingerprint density at radius 2 is 2.00 bits per heavy atom. The highest BCUT2D eigenvalue weighted by atomic mass is 32.1. The van der Waals surface area contributed by atoms with Gasteiger partial charge in [0.1, 0.15) is 5.82 Å². The van der Waals surface area contributed by atoms with E-state index in [1.54, 1.807) is 36.5 Å². The van der Waals surface area contributed by atoms with Gasteiger partial charge in [-0.05, 0) is 43.7 Å². The predicted molar refractivity (Wildman–Crippen MR) is 102 cm³/mol. The van der Waals surface area contributed by atoms with Crippen molar-refractivity contribution in [3.63, 3.8) is 0 Å². The maximum absolute atomic E-state index is 13.5. The van der Waals surface area contributed by atoms with E-state index < -0.39 is 24.3 Å². The lowest BCUT2D eigenvalue weighted by atomic mass is 10.1. The summed E-state index contributed by atoms with van der Waals surface area (Å²) in [6, 6.07) is 11.3. The number of thiazole rings is 1. The van der Waals surface area contributed by atoms with Gasteiger partial charge in [0, 0.05) is 16.6 Å². The van der Waals surface area contributed by atoms with E-state index >= 15 is 0 Å². The molecule has 0 aliphatic rings. The number of hydrogen-bond acceptors (Lipinski definition) is 5. The van der Waals surface area contributed by atoms with Gasteiger partial charge in [0.15, 0.2) is 6.61 Å². The number of carbonyl (C=O) groups is 2. The molecule has 3 rings (SSSR count). The Morgan fingerprint density at radius 3 is 2.70 bits per heavy atom. The van der Waals surface area contributed by atoms with Crippen LogP contribution in [-0.2, 0) is 9.53 Å². The van der Waals surface area contributed by atoms with E-state index in [2.05, 4.69) is 10.3 Å². The first kappa shape index (κ1) is 18.7. The van der Waals surface area contributed by atoms with Crippen LogP contribution in [0.2, 0.25) is 0 Å². The van der Waals surface area contributed by atoms with Gasteiger partial charge >= 0.3 is 5.97 Å². The molecule has 0 aliphatic carbocycles.